The molecule has 112 valence electrons. The highest BCUT2D eigenvalue weighted by atomic mass is 16.5. The summed E-state index contributed by atoms with van der Waals surface area (Å²) in [5, 5.41) is 6.70. The number of aliphatic imine (C=N–C) groups is 1. The molecule has 1 aromatic rings. The minimum atomic E-state index is 0.365. The molecular weight excluding hydrogens is 254 g/mol. The van der Waals surface area contributed by atoms with E-state index >= 15 is 0 Å². The van der Waals surface area contributed by atoms with E-state index in [0.29, 0.717) is 12.0 Å². The predicted octanol–water partition coefficient (Wildman–Crippen LogP) is 1.80. The lowest BCUT2D eigenvalue weighted by Gasteiger charge is -2.15. The van der Waals surface area contributed by atoms with E-state index in [2.05, 4.69) is 29.5 Å². The predicted molar refractivity (Wildman–Crippen MR) is 79.9 cm³/mol. The minimum Gasteiger partial charge on any atom is -0.469 e. The highest BCUT2D eigenvalue weighted by Crippen LogP contribution is 2.12. The van der Waals surface area contributed by atoms with Crippen molar-refractivity contribution in [2.24, 2.45) is 10.9 Å². The Hall–Kier alpha value is -1.49. The van der Waals surface area contributed by atoms with Gasteiger partial charge in [-0.25, -0.2) is 0 Å². The van der Waals surface area contributed by atoms with Gasteiger partial charge in [0.2, 0.25) is 0 Å². The van der Waals surface area contributed by atoms with E-state index in [9.17, 15) is 0 Å². The fourth-order valence-electron chi connectivity index (χ4n) is 2.13. The quantitative estimate of drug-likeness (QED) is 0.616. The third-order valence-electron chi connectivity index (χ3n) is 3.20. The first-order valence-corrected chi connectivity index (χ1v) is 7.39. The lowest BCUT2D eigenvalue weighted by atomic mass is 10.1. The third-order valence-corrected chi connectivity index (χ3v) is 3.20. The molecule has 1 aromatic heterocycles. The summed E-state index contributed by atoms with van der Waals surface area (Å²) in [5.74, 6) is 2.43. The van der Waals surface area contributed by atoms with Crippen molar-refractivity contribution >= 4 is 5.96 Å². The Balaban J connectivity index is 1.77. The monoisotopic (exact) mass is 279 g/mol. The van der Waals surface area contributed by atoms with Crippen LogP contribution in [-0.4, -0.2) is 38.3 Å². The molecule has 0 spiro atoms. The standard InChI is InChI=1S/C15H25N3O2/c1-12(2)18-15(17-10-13-6-9-19-11-13)16-7-5-14-4-3-8-20-14/h3-4,8,12-13H,5-7,9-11H2,1-2H3,(H2,16,17,18). The Kier molecular flexibility index (Phi) is 5.92. The number of hydrogen-bond donors (Lipinski definition) is 2. The molecule has 1 atom stereocenters. The van der Waals surface area contributed by atoms with Crippen LogP contribution < -0.4 is 10.6 Å². The van der Waals surface area contributed by atoms with Crippen LogP contribution in [0.2, 0.25) is 0 Å². The van der Waals surface area contributed by atoms with Crippen LogP contribution in [0.15, 0.2) is 27.8 Å². The fourth-order valence-corrected chi connectivity index (χ4v) is 2.13. The summed E-state index contributed by atoms with van der Waals surface area (Å²) in [4.78, 5) is 4.65. The number of rotatable bonds is 6. The van der Waals surface area contributed by atoms with Gasteiger partial charge in [0.25, 0.3) is 0 Å². The number of hydrogen-bond acceptors (Lipinski definition) is 3. The molecule has 5 heteroatoms. The van der Waals surface area contributed by atoms with Gasteiger partial charge in [-0.3, -0.25) is 4.99 Å². The lowest BCUT2D eigenvalue weighted by molar-refractivity contribution is 0.187. The van der Waals surface area contributed by atoms with E-state index in [1.54, 1.807) is 6.26 Å². The maximum absolute atomic E-state index is 5.38. The average Bonchev–Trinajstić information content (AvgIpc) is 3.08. The second-order valence-corrected chi connectivity index (χ2v) is 5.47. The molecule has 1 aliphatic rings. The van der Waals surface area contributed by atoms with E-state index in [1.165, 1.54) is 0 Å². The Labute approximate surface area is 120 Å². The Bertz CT molecular complexity index is 395. The van der Waals surface area contributed by atoms with E-state index in [0.717, 1.165) is 50.9 Å². The smallest absolute Gasteiger partial charge is 0.191 e. The number of nitrogens with zero attached hydrogens (tertiary/aromatic N) is 1. The summed E-state index contributed by atoms with van der Waals surface area (Å²) in [6.45, 7) is 7.57. The van der Waals surface area contributed by atoms with Crippen molar-refractivity contribution in [1.29, 1.82) is 0 Å². The maximum atomic E-state index is 5.38. The molecule has 5 nitrogen and oxygen atoms in total. The summed E-state index contributed by atoms with van der Waals surface area (Å²) in [6.07, 6.45) is 3.68. The van der Waals surface area contributed by atoms with Crippen LogP contribution in [0.25, 0.3) is 0 Å². The SMILES string of the molecule is CC(C)NC(=NCC1CCOC1)NCCc1ccco1. The van der Waals surface area contributed by atoms with Crippen LogP contribution in [0.5, 0.6) is 0 Å². The van der Waals surface area contributed by atoms with Crippen molar-refractivity contribution in [3.05, 3.63) is 24.2 Å². The van der Waals surface area contributed by atoms with Crippen molar-refractivity contribution in [3.8, 4) is 0 Å². The van der Waals surface area contributed by atoms with Crippen molar-refractivity contribution in [2.75, 3.05) is 26.3 Å². The summed E-state index contributed by atoms with van der Waals surface area (Å²) in [5.41, 5.74) is 0. The van der Waals surface area contributed by atoms with Gasteiger partial charge in [0.15, 0.2) is 5.96 Å². The topological polar surface area (TPSA) is 58.8 Å². The first-order valence-electron chi connectivity index (χ1n) is 7.39. The zero-order valence-electron chi connectivity index (χ0n) is 12.4. The second-order valence-electron chi connectivity index (χ2n) is 5.47. The Morgan fingerprint density at radius 2 is 2.40 bits per heavy atom. The number of ether oxygens (including phenoxy) is 1. The van der Waals surface area contributed by atoms with Gasteiger partial charge in [0.05, 0.1) is 12.9 Å². The first-order chi connectivity index (χ1) is 9.74. The number of nitrogens with one attached hydrogen (secondary N) is 2. The average molecular weight is 279 g/mol. The largest absolute Gasteiger partial charge is 0.469 e. The van der Waals surface area contributed by atoms with Crippen LogP contribution in [0.4, 0.5) is 0 Å². The van der Waals surface area contributed by atoms with Gasteiger partial charge in [-0.2, -0.15) is 0 Å². The molecule has 2 rings (SSSR count). The summed E-state index contributed by atoms with van der Waals surface area (Å²) in [7, 11) is 0. The fraction of sp³-hybridized carbons (Fsp3) is 0.667. The van der Waals surface area contributed by atoms with Gasteiger partial charge < -0.3 is 19.8 Å². The minimum absolute atomic E-state index is 0.365. The Morgan fingerprint density at radius 1 is 1.50 bits per heavy atom. The third kappa shape index (κ3) is 5.25. The van der Waals surface area contributed by atoms with E-state index < -0.39 is 0 Å². The van der Waals surface area contributed by atoms with Gasteiger partial charge in [-0.05, 0) is 32.4 Å². The van der Waals surface area contributed by atoms with Gasteiger partial charge in [0.1, 0.15) is 5.76 Å². The van der Waals surface area contributed by atoms with Gasteiger partial charge in [-0.15, -0.1) is 0 Å². The molecule has 0 saturated carbocycles. The van der Waals surface area contributed by atoms with E-state index in [1.807, 2.05) is 12.1 Å². The molecular formula is C15H25N3O2. The number of guanidine groups is 1. The zero-order chi connectivity index (χ0) is 14.2. The molecule has 0 aliphatic carbocycles. The van der Waals surface area contributed by atoms with E-state index in [-0.39, 0.29) is 0 Å². The summed E-state index contributed by atoms with van der Waals surface area (Å²) >= 11 is 0. The first kappa shape index (κ1) is 14.9. The highest BCUT2D eigenvalue weighted by Gasteiger charge is 2.15. The van der Waals surface area contributed by atoms with Crippen molar-refractivity contribution in [3.63, 3.8) is 0 Å². The molecule has 1 saturated heterocycles. The van der Waals surface area contributed by atoms with Gasteiger partial charge in [0, 0.05) is 38.1 Å². The van der Waals surface area contributed by atoms with Crippen molar-refractivity contribution in [2.45, 2.75) is 32.7 Å². The molecule has 1 fully saturated rings. The molecule has 1 unspecified atom stereocenters. The second kappa shape index (κ2) is 7.94. The van der Waals surface area contributed by atoms with Crippen LogP contribution in [-0.2, 0) is 11.2 Å². The molecule has 20 heavy (non-hydrogen) atoms. The molecule has 2 heterocycles. The molecule has 2 N–H and O–H groups in total. The van der Waals surface area contributed by atoms with Crippen molar-refractivity contribution in [1.82, 2.24) is 10.6 Å². The molecule has 1 aliphatic heterocycles. The molecule has 0 aromatic carbocycles. The van der Waals surface area contributed by atoms with Crippen molar-refractivity contribution < 1.29 is 9.15 Å². The van der Waals surface area contributed by atoms with Gasteiger partial charge in [-0.1, -0.05) is 0 Å². The normalized spacial score (nSPS) is 19.6. The van der Waals surface area contributed by atoms with Crippen LogP contribution in [0, 0.1) is 5.92 Å². The molecule has 0 radical (unpaired) electrons. The maximum Gasteiger partial charge on any atom is 0.191 e. The van der Waals surface area contributed by atoms with Crippen LogP contribution in [0.3, 0.4) is 0 Å². The zero-order valence-corrected chi connectivity index (χ0v) is 12.4. The lowest BCUT2D eigenvalue weighted by Crippen LogP contribution is -2.42. The van der Waals surface area contributed by atoms with Gasteiger partial charge >= 0.3 is 0 Å². The molecule has 0 amide bonds. The number of furan rings is 1. The highest BCUT2D eigenvalue weighted by molar-refractivity contribution is 5.80. The summed E-state index contributed by atoms with van der Waals surface area (Å²) in [6, 6.07) is 4.27. The Morgan fingerprint density at radius 3 is 3.05 bits per heavy atom. The summed E-state index contributed by atoms with van der Waals surface area (Å²) < 4.78 is 10.7. The molecule has 0 bridgehead atoms. The van der Waals surface area contributed by atoms with Crippen LogP contribution >= 0.6 is 0 Å². The van der Waals surface area contributed by atoms with E-state index in [4.69, 9.17) is 9.15 Å². The van der Waals surface area contributed by atoms with Crippen LogP contribution in [0.1, 0.15) is 26.0 Å².